The standard InChI is InChI=1S/C23H17ClN2O2S2/c24-19-8-4-3-7-17(19)14-20-22(28)26(23(29)30-20)12-11-21(27)25-18-10-9-15-5-1-2-6-16(15)13-18/h1-10,13-14H,11-12H2,(H,25,27). The van der Waals surface area contributed by atoms with E-state index in [1.807, 2.05) is 60.7 Å². The summed E-state index contributed by atoms with van der Waals surface area (Å²) in [5.74, 6) is -0.377. The van der Waals surface area contributed by atoms with Crippen LogP contribution in [0.25, 0.3) is 16.8 Å². The Hall–Kier alpha value is -2.67. The van der Waals surface area contributed by atoms with E-state index in [4.69, 9.17) is 23.8 Å². The Morgan fingerprint density at radius 3 is 2.60 bits per heavy atom. The first-order chi connectivity index (χ1) is 14.5. The second-order valence-electron chi connectivity index (χ2n) is 6.71. The number of thioether (sulfide) groups is 1. The van der Waals surface area contributed by atoms with Crippen LogP contribution in [-0.2, 0) is 9.59 Å². The number of nitrogens with zero attached hydrogens (tertiary/aromatic N) is 1. The van der Waals surface area contributed by atoms with Crippen LogP contribution in [0.15, 0.2) is 71.6 Å². The first-order valence-electron chi connectivity index (χ1n) is 9.30. The summed E-state index contributed by atoms with van der Waals surface area (Å²) >= 11 is 12.7. The van der Waals surface area contributed by atoms with Gasteiger partial charge in [0.15, 0.2) is 0 Å². The minimum atomic E-state index is -0.205. The predicted octanol–water partition coefficient (Wildman–Crippen LogP) is 5.72. The SMILES string of the molecule is O=C(CCN1C(=O)C(=Cc2ccccc2Cl)SC1=S)Nc1ccc2ccccc2c1. The molecule has 0 spiro atoms. The molecule has 3 aromatic rings. The molecule has 1 saturated heterocycles. The zero-order valence-corrected chi connectivity index (χ0v) is 18.2. The highest BCUT2D eigenvalue weighted by atomic mass is 35.5. The maximum absolute atomic E-state index is 12.7. The van der Waals surface area contributed by atoms with Crippen LogP contribution in [0.1, 0.15) is 12.0 Å². The highest BCUT2D eigenvalue weighted by Crippen LogP contribution is 2.33. The summed E-state index contributed by atoms with van der Waals surface area (Å²) in [5, 5.41) is 5.62. The minimum absolute atomic E-state index is 0.151. The number of carbonyl (C=O) groups excluding carboxylic acids is 2. The van der Waals surface area contributed by atoms with E-state index in [-0.39, 0.29) is 24.8 Å². The van der Waals surface area contributed by atoms with Gasteiger partial charge < -0.3 is 5.32 Å². The van der Waals surface area contributed by atoms with Crippen molar-refractivity contribution >= 4 is 74.3 Å². The molecule has 4 rings (SSSR count). The molecular formula is C23H17ClN2O2S2. The van der Waals surface area contributed by atoms with Crippen molar-refractivity contribution in [1.29, 1.82) is 0 Å². The highest BCUT2D eigenvalue weighted by molar-refractivity contribution is 8.26. The molecule has 1 aliphatic rings. The van der Waals surface area contributed by atoms with Crippen LogP contribution < -0.4 is 5.32 Å². The first kappa shape index (κ1) is 20.6. The number of hydrogen-bond donors (Lipinski definition) is 1. The van der Waals surface area contributed by atoms with E-state index in [1.165, 1.54) is 16.7 Å². The molecule has 0 unspecified atom stereocenters. The zero-order valence-electron chi connectivity index (χ0n) is 15.8. The number of halogens is 1. The van der Waals surface area contributed by atoms with Crippen molar-refractivity contribution in [1.82, 2.24) is 4.90 Å². The lowest BCUT2D eigenvalue weighted by atomic mass is 10.1. The maximum atomic E-state index is 12.7. The quantitative estimate of drug-likeness (QED) is 0.397. The summed E-state index contributed by atoms with van der Waals surface area (Å²) in [5.41, 5.74) is 1.48. The van der Waals surface area contributed by atoms with Gasteiger partial charge in [-0.1, -0.05) is 84.1 Å². The number of nitrogens with one attached hydrogen (secondary N) is 1. The molecular weight excluding hydrogens is 436 g/mol. The molecule has 1 N–H and O–H groups in total. The van der Waals surface area contributed by atoms with E-state index in [2.05, 4.69) is 5.32 Å². The van der Waals surface area contributed by atoms with Crippen molar-refractivity contribution < 1.29 is 9.59 Å². The number of amides is 2. The van der Waals surface area contributed by atoms with Crippen molar-refractivity contribution in [3.05, 3.63) is 82.2 Å². The molecule has 150 valence electrons. The fourth-order valence-electron chi connectivity index (χ4n) is 3.13. The Morgan fingerprint density at radius 2 is 1.80 bits per heavy atom. The average molecular weight is 453 g/mol. The first-order valence-corrected chi connectivity index (χ1v) is 10.9. The summed E-state index contributed by atoms with van der Waals surface area (Å²) in [6.45, 7) is 0.226. The molecule has 0 saturated carbocycles. The molecule has 2 amide bonds. The molecule has 0 atom stereocenters. The number of hydrogen-bond acceptors (Lipinski definition) is 4. The van der Waals surface area contributed by atoms with Crippen molar-refractivity contribution in [2.45, 2.75) is 6.42 Å². The monoisotopic (exact) mass is 452 g/mol. The molecule has 3 aromatic carbocycles. The molecule has 30 heavy (non-hydrogen) atoms. The minimum Gasteiger partial charge on any atom is -0.326 e. The Labute approximate surface area is 188 Å². The van der Waals surface area contributed by atoms with Crippen molar-refractivity contribution in [3.63, 3.8) is 0 Å². The maximum Gasteiger partial charge on any atom is 0.266 e. The summed E-state index contributed by atoms with van der Waals surface area (Å²) in [6.07, 6.45) is 1.88. The van der Waals surface area contributed by atoms with Crippen molar-refractivity contribution in [2.24, 2.45) is 0 Å². The Bertz CT molecular complexity index is 1190. The van der Waals surface area contributed by atoms with Crippen molar-refractivity contribution in [2.75, 3.05) is 11.9 Å². The molecule has 0 aliphatic carbocycles. The average Bonchev–Trinajstić information content (AvgIpc) is 3.00. The van der Waals surface area contributed by atoms with Gasteiger partial charge in [0, 0.05) is 23.7 Å². The molecule has 0 bridgehead atoms. The van der Waals surface area contributed by atoms with Gasteiger partial charge in [-0.25, -0.2) is 0 Å². The number of thiocarbonyl (C=S) groups is 1. The lowest BCUT2D eigenvalue weighted by Gasteiger charge is -2.14. The fraction of sp³-hybridized carbons (Fsp3) is 0.0870. The Morgan fingerprint density at radius 1 is 1.07 bits per heavy atom. The Kier molecular flexibility index (Phi) is 6.18. The van der Waals surface area contributed by atoms with Crippen LogP contribution in [0.3, 0.4) is 0 Å². The van der Waals surface area contributed by atoms with E-state index in [0.717, 1.165) is 22.0 Å². The summed E-state index contributed by atoms with van der Waals surface area (Å²) in [6, 6.07) is 21.0. The van der Waals surface area contributed by atoms with Crippen LogP contribution in [0.2, 0.25) is 5.02 Å². The zero-order chi connectivity index (χ0) is 21.1. The van der Waals surface area contributed by atoms with E-state index in [0.29, 0.717) is 14.2 Å². The van der Waals surface area contributed by atoms with E-state index >= 15 is 0 Å². The van der Waals surface area contributed by atoms with Gasteiger partial charge in [-0.3, -0.25) is 14.5 Å². The van der Waals surface area contributed by atoms with Crippen LogP contribution in [0, 0.1) is 0 Å². The fourth-order valence-corrected chi connectivity index (χ4v) is 4.62. The van der Waals surface area contributed by atoms with Gasteiger partial charge in [-0.2, -0.15) is 0 Å². The summed E-state index contributed by atoms with van der Waals surface area (Å²) < 4.78 is 0.441. The normalized spacial score (nSPS) is 15.2. The number of fused-ring (bicyclic) bond motifs is 1. The number of carbonyl (C=O) groups is 2. The van der Waals surface area contributed by atoms with Crippen LogP contribution in [0.5, 0.6) is 0 Å². The second-order valence-corrected chi connectivity index (χ2v) is 8.80. The molecule has 1 heterocycles. The van der Waals surface area contributed by atoms with Gasteiger partial charge in [0.05, 0.1) is 4.91 Å². The van der Waals surface area contributed by atoms with E-state index < -0.39 is 0 Å². The third-order valence-corrected chi connectivity index (χ3v) is 6.38. The number of anilines is 1. The van der Waals surface area contributed by atoms with Gasteiger partial charge in [-0.15, -0.1) is 0 Å². The molecule has 1 fully saturated rings. The topological polar surface area (TPSA) is 49.4 Å². The van der Waals surface area contributed by atoms with E-state index in [9.17, 15) is 9.59 Å². The van der Waals surface area contributed by atoms with Gasteiger partial charge >= 0.3 is 0 Å². The Balaban J connectivity index is 1.39. The van der Waals surface area contributed by atoms with Gasteiger partial charge in [0.2, 0.25) is 5.91 Å². The predicted molar refractivity (Wildman–Crippen MR) is 129 cm³/mol. The number of rotatable bonds is 5. The highest BCUT2D eigenvalue weighted by Gasteiger charge is 2.32. The van der Waals surface area contributed by atoms with Crippen LogP contribution in [-0.4, -0.2) is 27.6 Å². The molecule has 0 aromatic heterocycles. The third kappa shape index (κ3) is 4.56. The molecule has 1 aliphatic heterocycles. The molecule has 0 radical (unpaired) electrons. The lowest BCUT2D eigenvalue weighted by Crippen LogP contribution is -2.31. The second kappa shape index (κ2) is 9.00. The van der Waals surface area contributed by atoms with Gasteiger partial charge in [0.1, 0.15) is 4.32 Å². The van der Waals surface area contributed by atoms with E-state index in [1.54, 1.807) is 12.1 Å². The largest absolute Gasteiger partial charge is 0.326 e. The van der Waals surface area contributed by atoms with Gasteiger partial charge in [0.25, 0.3) is 5.91 Å². The lowest BCUT2D eigenvalue weighted by molar-refractivity contribution is -0.122. The van der Waals surface area contributed by atoms with Crippen LogP contribution >= 0.6 is 35.6 Å². The molecule has 4 nitrogen and oxygen atoms in total. The number of benzene rings is 3. The molecule has 7 heteroatoms. The van der Waals surface area contributed by atoms with Gasteiger partial charge in [-0.05, 0) is 40.6 Å². The smallest absolute Gasteiger partial charge is 0.266 e. The van der Waals surface area contributed by atoms with Crippen LogP contribution in [0.4, 0.5) is 5.69 Å². The summed E-state index contributed by atoms with van der Waals surface area (Å²) in [4.78, 5) is 27.1. The third-order valence-electron chi connectivity index (χ3n) is 4.66. The summed E-state index contributed by atoms with van der Waals surface area (Å²) in [7, 11) is 0. The van der Waals surface area contributed by atoms with Crippen molar-refractivity contribution in [3.8, 4) is 0 Å².